The second-order valence-corrected chi connectivity index (χ2v) is 6.48. The highest BCUT2D eigenvalue weighted by Gasteiger charge is 2.06. The van der Waals surface area contributed by atoms with Gasteiger partial charge in [-0.15, -0.1) is 0 Å². The van der Waals surface area contributed by atoms with Crippen LogP contribution in [0.5, 0.6) is 5.75 Å². The highest BCUT2D eigenvalue weighted by molar-refractivity contribution is 5.95. The average molecular weight is 369 g/mol. The fourth-order valence-corrected chi connectivity index (χ4v) is 2.46. The minimum atomic E-state index is -0.179. The van der Waals surface area contributed by atoms with Crippen LogP contribution in [0.3, 0.4) is 0 Å². The molecule has 0 unspecified atom stereocenters. The molecule has 0 heterocycles. The molecule has 0 bridgehead atoms. The number of anilines is 3. The lowest BCUT2D eigenvalue weighted by molar-refractivity contribution is -0.116. The van der Waals surface area contributed by atoms with E-state index in [2.05, 4.69) is 16.0 Å². The number of rotatable bonds is 9. The van der Waals surface area contributed by atoms with E-state index < -0.39 is 0 Å². The van der Waals surface area contributed by atoms with Crippen LogP contribution in [0.2, 0.25) is 0 Å². The molecule has 0 aromatic heterocycles. The average Bonchev–Trinajstić information content (AvgIpc) is 2.60. The van der Waals surface area contributed by atoms with Crippen LogP contribution in [-0.2, 0) is 9.59 Å². The molecule has 3 N–H and O–H groups in total. The molecule has 0 saturated carbocycles. The number of hydrogen-bond acceptors (Lipinski definition) is 4. The normalized spacial score (nSPS) is 10.4. The Morgan fingerprint density at radius 1 is 0.926 bits per heavy atom. The largest absolute Gasteiger partial charge is 0.491 e. The van der Waals surface area contributed by atoms with Gasteiger partial charge in [0.15, 0.2) is 0 Å². The van der Waals surface area contributed by atoms with Crippen LogP contribution in [0.1, 0.15) is 33.6 Å². The van der Waals surface area contributed by atoms with E-state index in [0.717, 1.165) is 17.9 Å². The van der Waals surface area contributed by atoms with E-state index in [1.54, 1.807) is 24.3 Å². The molecule has 2 aromatic carbocycles. The molecule has 0 aliphatic rings. The van der Waals surface area contributed by atoms with Gasteiger partial charge in [-0.1, -0.05) is 19.1 Å². The first-order chi connectivity index (χ1) is 13.0. The van der Waals surface area contributed by atoms with Crippen LogP contribution in [-0.4, -0.2) is 24.5 Å². The Kier molecular flexibility index (Phi) is 7.67. The van der Waals surface area contributed by atoms with Crippen molar-refractivity contribution in [2.24, 2.45) is 0 Å². The second kappa shape index (κ2) is 10.2. The van der Waals surface area contributed by atoms with Crippen molar-refractivity contribution in [3.05, 3.63) is 48.5 Å². The van der Waals surface area contributed by atoms with Crippen LogP contribution in [0, 0.1) is 0 Å². The molecule has 0 radical (unpaired) electrons. The summed E-state index contributed by atoms with van der Waals surface area (Å²) in [5.41, 5.74) is 2.11. The van der Waals surface area contributed by atoms with Crippen molar-refractivity contribution in [2.45, 2.75) is 39.7 Å². The molecule has 0 fully saturated rings. The summed E-state index contributed by atoms with van der Waals surface area (Å²) in [6.07, 6.45) is 1.35. The van der Waals surface area contributed by atoms with Crippen LogP contribution >= 0.6 is 0 Å². The van der Waals surface area contributed by atoms with Gasteiger partial charge in [0.2, 0.25) is 11.8 Å². The topological polar surface area (TPSA) is 79.5 Å². The standard InChI is InChI=1S/C21H27N3O3/c1-4-7-20(25)23-17-9-5-10-18(12-17)24-21(26)14-22-16-8-6-11-19(13-16)27-15(2)3/h5-6,8-13,15,22H,4,7,14H2,1-3H3,(H,23,25)(H,24,26). The summed E-state index contributed by atoms with van der Waals surface area (Å²) in [4.78, 5) is 23.9. The summed E-state index contributed by atoms with van der Waals surface area (Å²) in [5.74, 6) is 0.541. The van der Waals surface area contributed by atoms with Gasteiger partial charge in [-0.2, -0.15) is 0 Å². The van der Waals surface area contributed by atoms with Gasteiger partial charge < -0.3 is 20.7 Å². The Labute approximate surface area is 160 Å². The fraction of sp³-hybridized carbons (Fsp3) is 0.333. The van der Waals surface area contributed by atoms with E-state index in [1.165, 1.54) is 0 Å². The molecule has 2 rings (SSSR count). The zero-order valence-electron chi connectivity index (χ0n) is 16.0. The first-order valence-electron chi connectivity index (χ1n) is 9.16. The second-order valence-electron chi connectivity index (χ2n) is 6.48. The minimum Gasteiger partial charge on any atom is -0.491 e. The molecule has 2 aromatic rings. The zero-order valence-corrected chi connectivity index (χ0v) is 16.0. The van der Waals surface area contributed by atoms with Crippen LogP contribution in [0.25, 0.3) is 0 Å². The van der Waals surface area contributed by atoms with E-state index in [9.17, 15) is 9.59 Å². The minimum absolute atomic E-state index is 0.0360. The molecule has 27 heavy (non-hydrogen) atoms. The Morgan fingerprint density at radius 3 is 2.22 bits per heavy atom. The molecule has 0 aliphatic carbocycles. The summed E-state index contributed by atoms with van der Waals surface area (Å²) >= 11 is 0. The highest BCUT2D eigenvalue weighted by Crippen LogP contribution is 2.19. The van der Waals surface area contributed by atoms with Crippen molar-refractivity contribution in [3.8, 4) is 5.75 Å². The van der Waals surface area contributed by atoms with E-state index in [4.69, 9.17) is 4.74 Å². The van der Waals surface area contributed by atoms with Gasteiger partial charge in [-0.05, 0) is 50.6 Å². The maximum Gasteiger partial charge on any atom is 0.243 e. The maximum atomic E-state index is 12.2. The first-order valence-corrected chi connectivity index (χ1v) is 9.16. The van der Waals surface area contributed by atoms with Gasteiger partial charge >= 0.3 is 0 Å². The van der Waals surface area contributed by atoms with E-state index in [0.29, 0.717) is 17.8 Å². The van der Waals surface area contributed by atoms with Gasteiger partial charge in [-0.25, -0.2) is 0 Å². The van der Waals surface area contributed by atoms with Crippen LogP contribution in [0.4, 0.5) is 17.1 Å². The Hall–Kier alpha value is -3.02. The van der Waals surface area contributed by atoms with Gasteiger partial charge in [0.25, 0.3) is 0 Å². The SMILES string of the molecule is CCCC(=O)Nc1cccc(NC(=O)CNc2cccc(OC(C)C)c2)c1. The molecule has 6 nitrogen and oxygen atoms in total. The predicted molar refractivity (Wildman–Crippen MR) is 109 cm³/mol. The van der Waals surface area contributed by atoms with E-state index in [1.807, 2.05) is 45.0 Å². The molecule has 0 aliphatic heterocycles. The van der Waals surface area contributed by atoms with Gasteiger partial charge in [-0.3, -0.25) is 9.59 Å². The smallest absolute Gasteiger partial charge is 0.243 e. The lowest BCUT2D eigenvalue weighted by Gasteiger charge is -2.12. The number of benzene rings is 2. The third-order valence-corrected chi connectivity index (χ3v) is 3.57. The molecule has 0 saturated heterocycles. The predicted octanol–water partition coefficient (Wildman–Crippen LogP) is 4.26. The Bertz CT molecular complexity index is 775. The molecule has 0 atom stereocenters. The summed E-state index contributed by atoms with van der Waals surface area (Å²) in [7, 11) is 0. The molecular weight excluding hydrogens is 342 g/mol. The third-order valence-electron chi connectivity index (χ3n) is 3.57. The molecule has 6 heteroatoms. The monoisotopic (exact) mass is 369 g/mol. The third kappa shape index (κ3) is 7.40. The first kappa shape index (κ1) is 20.3. The summed E-state index contributed by atoms with van der Waals surface area (Å²) < 4.78 is 5.64. The summed E-state index contributed by atoms with van der Waals surface area (Å²) in [6.45, 7) is 6.00. The zero-order chi connectivity index (χ0) is 19.6. The van der Waals surface area contributed by atoms with Crippen molar-refractivity contribution in [1.82, 2.24) is 0 Å². The van der Waals surface area contributed by atoms with Crippen molar-refractivity contribution in [3.63, 3.8) is 0 Å². The van der Waals surface area contributed by atoms with E-state index >= 15 is 0 Å². The maximum absolute atomic E-state index is 12.2. The van der Waals surface area contributed by atoms with Crippen molar-refractivity contribution >= 4 is 28.9 Å². The van der Waals surface area contributed by atoms with Gasteiger partial charge in [0.1, 0.15) is 5.75 Å². The van der Waals surface area contributed by atoms with E-state index in [-0.39, 0.29) is 24.5 Å². The number of hydrogen-bond donors (Lipinski definition) is 3. The quantitative estimate of drug-likeness (QED) is 0.617. The van der Waals surface area contributed by atoms with Crippen molar-refractivity contribution in [2.75, 3.05) is 22.5 Å². The number of amides is 2. The number of ether oxygens (including phenoxy) is 1. The lowest BCUT2D eigenvalue weighted by Crippen LogP contribution is -2.22. The summed E-state index contributed by atoms with van der Waals surface area (Å²) in [6, 6.07) is 14.6. The highest BCUT2D eigenvalue weighted by atomic mass is 16.5. The molecule has 2 amide bonds. The fourth-order valence-electron chi connectivity index (χ4n) is 2.46. The molecule has 144 valence electrons. The lowest BCUT2D eigenvalue weighted by atomic mass is 10.2. The van der Waals surface area contributed by atoms with Crippen LogP contribution < -0.4 is 20.7 Å². The Morgan fingerprint density at radius 2 is 1.56 bits per heavy atom. The molecular formula is C21H27N3O3. The summed E-state index contributed by atoms with van der Waals surface area (Å²) in [5, 5.41) is 8.72. The molecule has 0 spiro atoms. The number of nitrogens with one attached hydrogen (secondary N) is 3. The Balaban J connectivity index is 1.88. The van der Waals surface area contributed by atoms with Crippen LogP contribution in [0.15, 0.2) is 48.5 Å². The van der Waals surface area contributed by atoms with Gasteiger partial charge in [0.05, 0.1) is 12.6 Å². The van der Waals surface area contributed by atoms with Crippen molar-refractivity contribution in [1.29, 1.82) is 0 Å². The number of carbonyl (C=O) groups is 2. The van der Waals surface area contributed by atoms with Crippen molar-refractivity contribution < 1.29 is 14.3 Å². The van der Waals surface area contributed by atoms with Gasteiger partial charge in [0, 0.05) is 29.5 Å². The number of carbonyl (C=O) groups excluding carboxylic acids is 2.